The van der Waals surface area contributed by atoms with Crippen LogP contribution in [0.1, 0.15) is 19.3 Å². The molecular weight excluding hydrogens is 236 g/mol. The van der Waals surface area contributed by atoms with Crippen LogP contribution in [0, 0.1) is 12.3 Å². The van der Waals surface area contributed by atoms with Gasteiger partial charge in [-0.3, -0.25) is 4.79 Å². The van der Waals surface area contributed by atoms with E-state index in [0.717, 1.165) is 24.2 Å². The summed E-state index contributed by atoms with van der Waals surface area (Å²) in [5, 5.41) is 11.3. The highest BCUT2D eigenvalue weighted by molar-refractivity contribution is 5.80. The molecule has 0 bridgehead atoms. The monoisotopic (exact) mass is 256 g/mol. The van der Waals surface area contributed by atoms with E-state index in [-0.39, 0.29) is 13.1 Å². The molecule has 0 atom stereocenters. The van der Waals surface area contributed by atoms with Crippen LogP contribution in [0.2, 0.25) is 0 Å². The van der Waals surface area contributed by atoms with Gasteiger partial charge in [-0.2, -0.15) is 0 Å². The van der Waals surface area contributed by atoms with E-state index in [4.69, 9.17) is 16.3 Å². The number of urea groups is 1. The fourth-order valence-corrected chi connectivity index (χ4v) is 1.33. The lowest BCUT2D eigenvalue weighted by atomic mass is 10.2. The number of rotatable bonds is 9. The minimum Gasteiger partial charge on any atom is -0.480 e. The third-order valence-corrected chi connectivity index (χ3v) is 2.20. The number of amides is 2. The molecular formula is C12H20N2O4. The average Bonchev–Trinajstić information content (AvgIpc) is 2.32. The third kappa shape index (κ3) is 8.42. The fourth-order valence-electron chi connectivity index (χ4n) is 1.33. The largest absolute Gasteiger partial charge is 0.480 e. The van der Waals surface area contributed by atoms with Crippen molar-refractivity contribution in [1.82, 2.24) is 10.2 Å². The van der Waals surface area contributed by atoms with Crippen LogP contribution in [0.15, 0.2) is 0 Å². The second-order valence-corrected chi connectivity index (χ2v) is 3.74. The van der Waals surface area contributed by atoms with E-state index < -0.39 is 12.0 Å². The topological polar surface area (TPSA) is 78.9 Å². The van der Waals surface area contributed by atoms with Crippen molar-refractivity contribution in [2.24, 2.45) is 0 Å². The molecule has 18 heavy (non-hydrogen) atoms. The lowest BCUT2D eigenvalue weighted by Crippen LogP contribution is -2.43. The van der Waals surface area contributed by atoms with Crippen LogP contribution >= 0.6 is 0 Å². The average molecular weight is 256 g/mol. The van der Waals surface area contributed by atoms with Gasteiger partial charge >= 0.3 is 12.0 Å². The van der Waals surface area contributed by atoms with Crippen molar-refractivity contribution < 1.29 is 19.4 Å². The maximum absolute atomic E-state index is 11.6. The van der Waals surface area contributed by atoms with Crippen molar-refractivity contribution in [1.29, 1.82) is 0 Å². The summed E-state index contributed by atoms with van der Waals surface area (Å²) < 4.78 is 4.90. The van der Waals surface area contributed by atoms with Crippen molar-refractivity contribution in [2.75, 3.05) is 33.4 Å². The van der Waals surface area contributed by atoms with Gasteiger partial charge in [0.25, 0.3) is 0 Å². The number of ether oxygens (including phenoxy) is 1. The summed E-state index contributed by atoms with van der Waals surface area (Å²) in [7, 11) is 1.64. The van der Waals surface area contributed by atoms with Gasteiger partial charge in [0.2, 0.25) is 0 Å². The van der Waals surface area contributed by atoms with E-state index in [1.54, 1.807) is 7.11 Å². The van der Waals surface area contributed by atoms with E-state index in [9.17, 15) is 9.59 Å². The Morgan fingerprint density at radius 1 is 1.39 bits per heavy atom. The quantitative estimate of drug-likeness (QED) is 0.466. The lowest BCUT2D eigenvalue weighted by Gasteiger charge is -2.18. The normalized spacial score (nSPS) is 9.56. The Morgan fingerprint density at radius 3 is 2.67 bits per heavy atom. The molecule has 0 fully saturated rings. The van der Waals surface area contributed by atoms with Crippen LogP contribution in [0.5, 0.6) is 0 Å². The number of carbonyl (C=O) groups is 2. The number of hydrogen-bond donors (Lipinski definition) is 2. The summed E-state index contributed by atoms with van der Waals surface area (Å²) in [5.74, 6) is 1.17. The SMILES string of the molecule is C#CCN(CC(=O)O)C(=O)NCCCCCOC. The highest BCUT2D eigenvalue weighted by Gasteiger charge is 2.14. The van der Waals surface area contributed by atoms with Gasteiger partial charge < -0.3 is 20.1 Å². The molecule has 0 aromatic rings. The predicted molar refractivity (Wildman–Crippen MR) is 67.2 cm³/mol. The molecule has 0 aliphatic heterocycles. The molecule has 0 rings (SSSR count). The first kappa shape index (κ1) is 16.3. The van der Waals surface area contributed by atoms with E-state index in [0.29, 0.717) is 13.2 Å². The summed E-state index contributed by atoms with van der Waals surface area (Å²) in [6.07, 6.45) is 7.79. The predicted octanol–water partition coefficient (Wildman–Crippen LogP) is 0.532. The van der Waals surface area contributed by atoms with Crippen molar-refractivity contribution in [3.63, 3.8) is 0 Å². The maximum Gasteiger partial charge on any atom is 0.323 e. The lowest BCUT2D eigenvalue weighted by molar-refractivity contribution is -0.137. The summed E-state index contributed by atoms with van der Waals surface area (Å²) in [4.78, 5) is 23.2. The van der Waals surface area contributed by atoms with E-state index >= 15 is 0 Å². The molecule has 0 aromatic heterocycles. The Hall–Kier alpha value is -1.74. The molecule has 2 N–H and O–H groups in total. The van der Waals surface area contributed by atoms with Gasteiger partial charge in [-0.15, -0.1) is 6.42 Å². The summed E-state index contributed by atoms with van der Waals surface area (Å²) >= 11 is 0. The molecule has 6 nitrogen and oxygen atoms in total. The Morgan fingerprint density at radius 2 is 2.11 bits per heavy atom. The fraction of sp³-hybridized carbons (Fsp3) is 0.667. The zero-order chi connectivity index (χ0) is 13.8. The van der Waals surface area contributed by atoms with Crippen LogP contribution in [0.25, 0.3) is 0 Å². The summed E-state index contributed by atoms with van der Waals surface area (Å²) in [5.41, 5.74) is 0. The molecule has 0 radical (unpaired) electrons. The highest BCUT2D eigenvalue weighted by atomic mass is 16.5. The molecule has 0 spiro atoms. The zero-order valence-corrected chi connectivity index (χ0v) is 10.6. The molecule has 0 aliphatic rings. The number of nitrogens with one attached hydrogen (secondary N) is 1. The van der Waals surface area contributed by atoms with E-state index in [1.807, 2.05) is 0 Å². The van der Waals surface area contributed by atoms with Crippen molar-refractivity contribution in [2.45, 2.75) is 19.3 Å². The first-order valence-electron chi connectivity index (χ1n) is 5.78. The van der Waals surface area contributed by atoms with Crippen LogP contribution in [0.3, 0.4) is 0 Å². The first-order valence-corrected chi connectivity index (χ1v) is 5.78. The van der Waals surface area contributed by atoms with Crippen LogP contribution in [-0.4, -0.2) is 55.4 Å². The number of hydrogen-bond acceptors (Lipinski definition) is 3. The van der Waals surface area contributed by atoms with Crippen LogP contribution in [-0.2, 0) is 9.53 Å². The second kappa shape index (κ2) is 10.4. The molecule has 0 saturated heterocycles. The molecule has 0 unspecified atom stereocenters. The summed E-state index contributed by atoms with van der Waals surface area (Å²) in [6, 6.07) is -0.443. The Balaban J connectivity index is 3.82. The van der Waals surface area contributed by atoms with Gasteiger partial charge in [-0.05, 0) is 19.3 Å². The number of carboxylic acids is 1. The van der Waals surface area contributed by atoms with Crippen molar-refractivity contribution in [3.8, 4) is 12.3 Å². The van der Waals surface area contributed by atoms with Gasteiger partial charge in [-0.1, -0.05) is 5.92 Å². The standard InChI is InChI=1S/C12H20N2O4/c1-3-8-14(10-11(15)16)12(17)13-7-5-4-6-9-18-2/h1H,4-10H2,2H3,(H,13,17)(H,15,16). The molecule has 6 heteroatoms. The number of methoxy groups -OCH3 is 1. The number of carbonyl (C=O) groups excluding carboxylic acids is 1. The highest BCUT2D eigenvalue weighted by Crippen LogP contribution is 1.95. The van der Waals surface area contributed by atoms with Gasteiger partial charge in [0.1, 0.15) is 6.54 Å². The molecule has 0 saturated carbocycles. The van der Waals surface area contributed by atoms with Crippen LogP contribution < -0.4 is 5.32 Å². The molecule has 102 valence electrons. The van der Waals surface area contributed by atoms with Crippen molar-refractivity contribution >= 4 is 12.0 Å². The number of aliphatic carboxylic acids is 1. The Kier molecular flexibility index (Phi) is 9.41. The number of nitrogens with zero attached hydrogens (tertiary/aromatic N) is 1. The minimum absolute atomic E-state index is 0.0121. The van der Waals surface area contributed by atoms with Crippen molar-refractivity contribution in [3.05, 3.63) is 0 Å². The number of unbranched alkanes of at least 4 members (excludes halogenated alkanes) is 2. The van der Waals surface area contributed by atoms with E-state index in [2.05, 4.69) is 11.2 Å². The smallest absolute Gasteiger partial charge is 0.323 e. The third-order valence-electron chi connectivity index (χ3n) is 2.20. The van der Waals surface area contributed by atoms with Gasteiger partial charge in [0.05, 0.1) is 6.54 Å². The second-order valence-electron chi connectivity index (χ2n) is 3.74. The number of carboxylic acid groups (broad SMARTS) is 1. The molecule has 0 aromatic carbocycles. The van der Waals surface area contributed by atoms with Gasteiger partial charge in [-0.25, -0.2) is 4.79 Å². The molecule has 0 heterocycles. The minimum atomic E-state index is -1.08. The van der Waals surface area contributed by atoms with E-state index in [1.165, 1.54) is 0 Å². The molecule has 0 aliphatic carbocycles. The molecule has 2 amide bonds. The Labute approximate surface area is 107 Å². The first-order chi connectivity index (χ1) is 8.61. The zero-order valence-electron chi connectivity index (χ0n) is 10.6. The van der Waals surface area contributed by atoms with Crippen LogP contribution in [0.4, 0.5) is 4.79 Å². The Bertz CT molecular complexity index is 299. The van der Waals surface area contributed by atoms with Gasteiger partial charge in [0.15, 0.2) is 0 Å². The maximum atomic E-state index is 11.6. The van der Waals surface area contributed by atoms with Gasteiger partial charge in [0, 0.05) is 20.3 Å². The number of terminal acetylenes is 1. The summed E-state index contributed by atoms with van der Waals surface area (Å²) in [6.45, 7) is 0.806.